The Bertz CT molecular complexity index is 376. The Kier molecular flexibility index (Phi) is 4.29. The van der Waals surface area contributed by atoms with E-state index in [4.69, 9.17) is 5.73 Å². The number of esters is 1. The van der Waals surface area contributed by atoms with Crippen molar-refractivity contribution < 1.29 is 9.53 Å². The molecule has 3 nitrogen and oxygen atoms in total. The lowest BCUT2D eigenvalue weighted by Crippen LogP contribution is -2.33. The van der Waals surface area contributed by atoms with E-state index >= 15 is 0 Å². The van der Waals surface area contributed by atoms with Gasteiger partial charge in [-0.05, 0) is 23.0 Å². The number of benzene rings is 1. The summed E-state index contributed by atoms with van der Waals surface area (Å²) in [7, 11) is 1.35. The molecule has 1 aromatic carbocycles. The lowest BCUT2D eigenvalue weighted by Gasteiger charge is -2.19. The molecule has 0 heterocycles. The van der Waals surface area contributed by atoms with Crippen molar-refractivity contribution in [3.8, 4) is 0 Å². The molecule has 0 radical (unpaired) electrons. The number of hydrogen-bond donors (Lipinski definition) is 1. The molecule has 0 aliphatic carbocycles. The van der Waals surface area contributed by atoms with Crippen LogP contribution in [0, 0.1) is 0 Å². The third-order valence-corrected chi connectivity index (χ3v) is 2.78. The summed E-state index contributed by atoms with van der Waals surface area (Å²) >= 11 is 0. The number of carbonyl (C=O) groups is 1. The average Bonchev–Trinajstić information content (AvgIpc) is 2.27. The highest BCUT2D eigenvalue weighted by Crippen LogP contribution is 2.22. The van der Waals surface area contributed by atoms with Gasteiger partial charge in [-0.3, -0.25) is 4.79 Å². The number of hydrogen-bond acceptors (Lipinski definition) is 3. The number of ether oxygens (including phenoxy) is 1. The Morgan fingerprint density at radius 2 is 1.82 bits per heavy atom. The molecule has 0 saturated carbocycles. The van der Waals surface area contributed by atoms with Gasteiger partial charge in [-0.2, -0.15) is 0 Å². The zero-order valence-electron chi connectivity index (χ0n) is 11.0. The molecule has 1 atom stereocenters. The molecular weight excluding hydrogens is 214 g/mol. The van der Waals surface area contributed by atoms with Crippen LogP contribution in [0.5, 0.6) is 0 Å². The second kappa shape index (κ2) is 5.32. The molecule has 0 bridgehead atoms. The summed E-state index contributed by atoms with van der Waals surface area (Å²) in [4.78, 5) is 11.2. The normalized spacial score (nSPS) is 13.2. The lowest BCUT2D eigenvalue weighted by molar-refractivity contribution is -0.142. The van der Waals surface area contributed by atoms with Crippen molar-refractivity contribution in [2.75, 3.05) is 7.11 Å². The van der Waals surface area contributed by atoms with E-state index in [1.165, 1.54) is 12.7 Å². The van der Waals surface area contributed by atoms with Crippen LogP contribution in [0.1, 0.15) is 31.9 Å². The van der Waals surface area contributed by atoms with E-state index in [1.54, 1.807) is 0 Å². The van der Waals surface area contributed by atoms with E-state index in [-0.39, 0.29) is 11.4 Å². The van der Waals surface area contributed by atoms with Gasteiger partial charge in [0, 0.05) is 0 Å². The van der Waals surface area contributed by atoms with E-state index in [2.05, 4.69) is 37.6 Å². The summed E-state index contributed by atoms with van der Waals surface area (Å²) in [5, 5.41) is 0. The Morgan fingerprint density at radius 3 is 2.24 bits per heavy atom. The first kappa shape index (κ1) is 13.7. The molecular formula is C14H21NO2. The number of carbonyl (C=O) groups excluding carboxylic acids is 1. The van der Waals surface area contributed by atoms with Crippen LogP contribution in [0.2, 0.25) is 0 Å². The zero-order chi connectivity index (χ0) is 13.1. The van der Waals surface area contributed by atoms with Crippen molar-refractivity contribution in [2.24, 2.45) is 5.73 Å². The van der Waals surface area contributed by atoms with Crippen molar-refractivity contribution in [1.29, 1.82) is 0 Å². The summed E-state index contributed by atoms with van der Waals surface area (Å²) in [6, 6.07) is 7.62. The number of nitrogens with two attached hydrogens (primary N) is 1. The first-order valence-electron chi connectivity index (χ1n) is 5.77. The number of rotatable bonds is 3. The van der Waals surface area contributed by atoms with E-state index in [0.717, 1.165) is 5.56 Å². The largest absolute Gasteiger partial charge is 0.468 e. The molecule has 94 valence electrons. The first-order chi connectivity index (χ1) is 7.84. The van der Waals surface area contributed by atoms with Crippen LogP contribution in [0.3, 0.4) is 0 Å². The second-order valence-corrected chi connectivity index (χ2v) is 5.28. The second-order valence-electron chi connectivity index (χ2n) is 5.28. The average molecular weight is 235 g/mol. The fraction of sp³-hybridized carbons (Fsp3) is 0.500. The van der Waals surface area contributed by atoms with Crippen molar-refractivity contribution in [2.45, 2.75) is 38.6 Å². The van der Waals surface area contributed by atoms with Gasteiger partial charge in [0.25, 0.3) is 0 Å². The monoisotopic (exact) mass is 235 g/mol. The van der Waals surface area contributed by atoms with Gasteiger partial charge in [-0.1, -0.05) is 45.0 Å². The van der Waals surface area contributed by atoms with Crippen molar-refractivity contribution in [1.82, 2.24) is 0 Å². The van der Waals surface area contributed by atoms with E-state index in [1.807, 2.05) is 12.1 Å². The minimum absolute atomic E-state index is 0.142. The first-order valence-corrected chi connectivity index (χ1v) is 5.77. The Labute approximate surface area is 103 Å². The summed E-state index contributed by atoms with van der Waals surface area (Å²) < 4.78 is 4.60. The maximum atomic E-state index is 11.2. The summed E-state index contributed by atoms with van der Waals surface area (Å²) in [5.74, 6) is -0.370. The van der Waals surface area contributed by atoms with Crippen LogP contribution < -0.4 is 5.73 Å². The minimum Gasteiger partial charge on any atom is -0.468 e. The molecule has 0 fully saturated rings. The highest BCUT2D eigenvalue weighted by atomic mass is 16.5. The molecule has 0 aromatic heterocycles. The highest BCUT2D eigenvalue weighted by Gasteiger charge is 2.16. The van der Waals surface area contributed by atoms with Crippen molar-refractivity contribution >= 4 is 5.97 Å². The molecule has 1 rings (SSSR count). The fourth-order valence-electron chi connectivity index (χ4n) is 1.63. The molecule has 3 heteroatoms. The highest BCUT2D eigenvalue weighted by molar-refractivity contribution is 5.75. The van der Waals surface area contributed by atoms with Gasteiger partial charge >= 0.3 is 5.97 Å². The third-order valence-electron chi connectivity index (χ3n) is 2.78. The molecule has 17 heavy (non-hydrogen) atoms. The number of methoxy groups -OCH3 is 1. The molecule has 0 aliphatic heterocycles. The Morgan fingerprint density at radius 1 is 1.29 bits per heavy atom. The zero-order valence-corrected chi connectivity index (χ0v) is 11.0. The van der Waals surface area contributed by atoms with E-state index < -0.39 is 6.04 Å². The molecule has 0 unspecified atom stereocenters. The smallest absolute Gasteiger partial charge is 0.322 e. The van der Waals surface area contributed by atoms with Crippen LogP contribution in [0.15, 0.2) is 24.3 Å². The minimum atomic E-state index is -0.583. The van der Waals surface area contributed by atoms with Gasteiger partial charge in [0.15, 0.2) is 0 Å². The predicted molar refractivity (Wildman–Crippen MR) is 68.8 cm³/mol. The topological polar surface area (TPSA) is 52.3 Å². The summed E-state index contributed by atoms with van der Waals surface area (Å²) in [6.07, 6.45) is 0.511. The van der Waals surface area contributed by atoms with E-state index in [0.29, 0.717) is 6.42 Å². The third kappa shape index (κ3) is 3.86. The maximum Gasteiger partial charge on any atom is 0.322 e. The Balaban J connectivity index is 2.72. The van der Waals surface area contributed by atoms with Gasteiger partial charge in [0.1, 0.15) is 6.04 Å². The van der Waals surface area contributed by atoms with Gasteiger partial charge in [-0.15, -0.1) is 0 Å². The van der Waals surface area contributed by atoms with Crippen LogP contribution in [0.25, 0.3) is 0 Å². The van der Waals surface area contributed by atoms with Gasteiger partial charge in [0.05, 0.1) is 7.11 Å². The molecule has 1 aromatic rings. The van der Waals surface area contributed by atoms with Crippen LogP contribution in [-0.4, -0.2) is 19.1 Å². The van der Waals surface area contributed by atoms with E-state index in [9.17, 15) is 4.79 Å². The molecule has 0 aliphatic rings. The van der Waals surface area contributed by atoms with Crippen molar-refractivity contribution in [3.63, 3.8) is 0 Å². The predicted octanol–water partition coefficient (Wildman–Crippen LogP) is 2.03. The molecule has 2 N–H and O–H groups in total. The fourth-order valence-corrected chi connectivity index (χ4v) is 1.63. The lowest BCUT2D eigenvalue weighted by atomic mass is 9.86. The van der Waals surface area contributed by atoms with Crippen LogP contribution in [0.4, 0.5) is 0 Å². The molecule has 0 spiro atoms. The summed E-state index contributed by atoms with van der Waals surface area (Å²) in [5.41, 5.74) is 8.17. The maximum absolute atomic E-state index is 11.2. The molecule has 0 amide bonds. The van der Waals surface area contributed by atoms with Gasteiger partial charge in [-0.25, -0.2) is 0 Å². The quantitative estimate of drug-likeness (QED) is 0.815. The van der Waals surface area contributed by atoms with Crippen molar-refractivity contribution in [3.05, 3.63) is 35.4 Å². The van der Waals surface area contributed by atoms with Gasteiger partial charge in [0.2, 0.25) is 0 Å². The Hall–Kier alpha value is -1.35. The van der Waals surface area contributed by atoms with Crippen LogP contribution >= 0.6 is 0 Å². The summed E-state index contributed by atoms with van der Waals surface area (Å²) in [6.45, 7) is 6.51. The van der Waals surface area contributed by atoms with Gasteiger partial charge < -0.3 is 10.5 Å². The standard InChI is InChI=1S/C14H21NO2/c1-14(2,3)11-7-5-10(6-8-11)9-12(15)13(16)17-4/h5-8,12H,9,15H2,1-4H3/t12-/m1/s1. The SMILES string of the molecule is COC(=O)[C@H](N)Cc1ccc(C(C)(C)C)cc1. The van der Waals surface area contributed by atoms with Crippen LogP contribution in [-0.2, 0) is 21.4 Å². The molecule has 0 saturated heterocycles.